The molecular weight excluding hydrogens is 439 g/mol. The van der Waals surface area contributed by atoms with Gasteiger partial charge in [-0.25, -0.2) is 9.02 Å². The molecule has 152 valence electrons. The zero-order valence-electron chi connectivity index (χ0n) is 14.8. The quantitative estimate of drug-likeness (QED) is 0.101. The van der Waals surface area contributed by atoms with E-state index in [4.69, 9.17) is 10.5 Å². The predicted molar refractivity (Wildman–Crippen MR) is 104 cm³/mol. The van der Waals surface area contributed by atoms with Gasteiger partial charge in [0.1, 0.15) is 5.82 Å². The first-order chi connectivity index (χ1) is 13.4. The van der Waals surface area contributed by atoms with Crippen molar-refractivity contribution in [3.8, 4) is 0 Å². The van der Waals surface area contributed by atoms with Crippen molar-refractivity contribution in [3.05, 3.63) is 34.2 Å². The number of anilines is 2. The second-order valence-corrected chi connectivity index (χ2v) is 6.48. The molecule has 1 heterocycles. The highest BCUT2D eigenvalue weighted by Crippen LogP contribution is 2.21. The summed E-state index contributed by atoms with van der Waals surface area (Å²) in [5, 5.41) is 47.9. The molecular formula is C15H20BrFN8O3. The average molecular weight is 459 g/mol. The number of aliphatic hydroxyl groups excluding tert-OH is 1. The Hall–Kier alpha value is -2.93. The van der Waals surface area contributed by atoms with E-state index in [0.717, 1.165) is 0 Å². The van der Waals surface area contributed by atoms with Crippen molar-refractivity contribution in [3.63, 3.8) is 0 Å². The third-order valence-corrected chi connectivity index (χ3v) is 3.90. The van der Waals surface area contributed by atoms with Crippen molar-refractivity contribution in [1.29, 1.82) is 5.41 Å². The van der Waals surface area contributed by atoms with Crippen LogP contribution in [-0.4, -0.2) is 58.2 Å². The van der Waals surface area contributed by atoms with Crippen LogP contribution in [0.25, 0.3) is 0 Å². The van der Waals surface area contributed by atoms with Crippen LogP contribution in [0.2, 0.25) is 0 Å². The van der Waals surface area contributed by atoms with E-state index in [0.29, 0.717) is 18.8 Å². The number of halogens is 2. The standard InChI is InChI=1S/C15H20BrFN8O3/c1-8(26)7-21-15(18)20-5-4-19-13-12(24-28-25-13)14(23-27)22-9-2-3-11(17)10(16)6-9/h2-3,6,8,26-27H,4-5,7H2,1H3,(H,19,25)(H,22,23)(H3,18,20,21)/t8-/m1/s1. The molecule has 0 aliphatic heterocycles. The van der Waals surface area contributed by atoms with Gasteiger partial charge in [0.25, 0.3) is 0 Å². The molecule has 2 aromatic rings. The van der Waals surface area contributed by atoms with Gasteiger partial charge in [-0.15, -0.1) is 0 Å². The molecule has 0 spiro atoms. The summed E-state index contributed by atoms with van der Waals surface area (Å²) in [5.74, 6) is -0.199. The van der Waals surface area contributed by atoms with Gasteiger partial charge in [-0.05, 0) is 51.4 Å². The smallest absolute Gasteiger partial charge is 0.203 e. The fourth-order valence-electron chi connectivity index (χ4n) is 1.98. The van der Waals surface area contributed by atoms with Crippen molar-refractivity contribution < 1.29 is 19.3 Å². The van der Waals surface area contributed by atoms with E-state index in [-0.39, 0.29) is 34.3 Å². The van der Waals surface area contributed by atoms with E-state index in [2.05, 4.69) is 57.3 Å². The van der Waals surface area contributed by atoms with E-state index in [9.17, 15) is 9.60 Å². The number of guanidine groups is 1. The van der Waals surface area contributed by atoms with Crippen LogP contribution in [0.3, 0.4) is 0 Å². The maximum Gasteiger partial charge on any atom is 0.203 e. The van der Waals surface area contributed by atoms with Gasteiger partial charge >= 0.3 is 0 Å². The lowest BCUT2D eigenvalue weighted by Gasteiger charge is -2.12. The van der Waals surface area contributed by atoms with E-state index in [1.54, 1.807) is 6.92 Å². The highest BCUT2D eigenvalue weighted by Gasteiger charge is 2.18. The number of hydrogen-bond donors (Lipinski definition) is 7. The molecule has 0 bridgehead atoms. The summed E-state index contributed by atoms with van der Waals surface area (Å²) in [4.78, 5) is 0. The lowest BCUT2D eigenvalue weighted by Crippen LogP contribution is -2.41. The second-order valence-electron chi connectivity index (χ2n) is 5.62. The number of nitrogens with zero attached hydrogens (tertiary/aromatic N) is 3. The van der Waals surface area contributed by atoms with E-state index < -0.39 is 11.9 Å². The minimum atomic E-state index is -0.561. The molecule has 0 radical (unpaired) electrons. The molecule has 13 heteroatoms. The molecule has 1 atom stereocenters. The molecule has 1 aromatic heterocycles. The van der Waals surface area contributed by atoms with Crippen LogP contribution in [-0.2, 0) is 0 Å². The predicted octanol–water partition coefficient (Wildman–Crippen LogP) is 1.13. The molecule has 0 unspecified atom stereocenters. The maximum atomic E-state index is 13.3. The molecule has 0 aliphatic carbocycles. The molecule has 0 aliphatic rings. The Balaban J connectivity index is 1.90. The first kappa shape index (κ1) is 21.4. The molecule has 0 saturated heterocycles. The van der Waals surface area contributed by atoms with E-state index in [1.807, 2.05) is 0 Å². The summed E-state index contributed by atoms with van der Waals surface area (Å²) in [6.07, 6.45) is -0.561. The zero-order valence-corrected chi connectivity index (χ0v) is 16.4. The first-order valence-electron chi connectivity index (χ1n) is 8.16. The van der Waals surface area contributed by atoms with Crippen molar-refractivity contribution in [2.24, 2.45) is 5.16 Å². The van der Waals surface area contributed by atoms with Crippen LogP contribution >= 0.6 is 15.9 Å². The van der Waals surface area contributed by atoms with Crippen LogP contribution in [0.1, 0.15) is 12.6 Å². The monoisotopic (exact) mass is 458 g/mol. The highest BCUT2D eigenvalue weighted by molar-refractivity contribution is 9.10. The number of aromatic nitrogens is 2. The van der Waals surface area contributed by atoms with Crippen LogP contribution in [0.4, 0.5) is 15.9 Å². The zero-order chi connectivity index (χ0) is 20.5. The van der Waals surface area contributed by atoms with Gasteiger partial charge < -0.3 is 31.6 Å². The van der Waals surface area contributed by atoms with Crippen LogP contribution in [0, 0.1) is 11.2 Å². The lowest BCUT2D eigenvalue weighted by molar-refractivity contribution is 0.197. The molecule has 1 aromatic carbocycles. The van der Waals surface area contributed by atoms with E-state index >= 15 is 0 Å². The second kappa shape index (κ2) is 10.4. The molecule has 0 fully saturated rings. The molecule has 0 saturated carbocycles. The van der Waals surface area contributed by atoms with Crippen LogP contribution in [0.5, 0.6) is 0 Å². The summed E-state index contributed by atoms with van der Waals surface area (Å²) in [5.41, 5.74) is 0.569. The Morgan fingerprint density at radius 1 is 1.36 bits per heavy atom. The van der Waals surface area contributed by atoms with Gasteiger partial charge in [0.2, 0.25) is 11.7 Å². The fourth-order valence-corrected chi connectivity index (χ4v) is 2.36. The normalized spacial score (nSPS) is 12.4. The highest BCUT2D eigenvalue weighted by atomic mass is 79.9. The molecule has 0 amide bonds. The van der Waals surface area contributed by atoms with Crippen LogP contribution < -0.4 is 21.3 Å². The molecule has 7 N–H and O–H groups in total. The Morgan fingerprint density at radius 3 is 2.82 bits per heavy atom. The van der Waals surface area contributed by atoms with Crippen molar-refractivity contribution in [2.45, 2.75) is 13.0 Å². The summed E-state index contributed by atoms with van der Waals surface area (Å²) in [7, 11) is 0. The Morgan fingerprint density at radius 2 is 2.14 bits per heavy atom. The number of nitrogens with one attached hydrogen (secondary N) is 5. The van der Waals surface area contributed by atoms with E-state index in [1.165, 1.54) is 18.2 Å². The van der Waals surface area contributed by atoms with Crippen LogP contribution in [0.15, 0.2) is 32.5 Å². The number of amidine groups is 1. The van der Waals surface area contributed by atoms with Gasteiger partial charge in [-0.3, -0.25) is 5.41 Å². The summed E-state index contributed by atoms with van der Waals surface area (Å²) in [6.45, 7) is 2.58. The third kappa shape index (κ3) is 6.35. The lowest BCUT2D eigenvalue weighted by atomic mass is 10.3. The minimum absolute atomic E-state index is 0.0541. The SMILES string of the molecule is C[C@@H](O)CNC(=N)NCCNc1nonc1/C(=N/O)Nc1ccc(F)c(Br)c1. The Kier molecular flexibility index (Phi) is 7.95. The van der Waals surface area contributed by atoms with Crippen molar-refractivity contribution in [1.82, 2.24) is 20.9 Å². The fraction of sp³-hybridized carbons (Fsp3) is 0.333. The third-order valence-electron chi connectivity index (χ3n) is 3.29. The number of oxime groups is 1. The Bertz CT molecular complexity index is 829. The topological polar surface area (TPSA) is 164 Å². The largest absolute Gasteiger partial charge is 0.409 e. The average Bonchev–Trinajstić information content (AvgIpc) is 3.12. The van der Waals surface area contributed by atoms with Gasteiger partial charge in [0.05, 0.1) is 10.6 Å². The summed E-state index contributed by atoms with van der Waals surface area (Å²) in [6, 6.07) is 4.17. The molecule has 11 nitrogen and oxygen atoms in total. The number of rotatable bonds is 8. The maximum absolute atomic E-state index is 13.3. The van der Waals surface area contributed by atoms with Crippen molar-refractivity contribution in [2.75, 3.05) is 30.3 Å². The van der Waals surface area contributed by atoms with Gasteiger partial charge in [0, 0.05) is 25.3 Å². The summed E-state index contributed by atoms with van der Waals surface area (Å²) >= 11 is 3.07. The van der Waals surface area contributed by atoms with Gasteiger partial charge in [-0.2, -0.15) is 0 Å². The minimum Gasteiger partial charge on any atom is -0.409 e. The molecule has 28 heavy (non-hydrogen) atoms. The van der Waals surface area contributed by atoms with Gasteiger partial charge in [-0.1, -0.05) is 5.16 Å². The number of benzene rings is 1. The number of hydrogen-bond acceptors (Lipinski definition) is 8. The first-order valence-corrected chi connectivity index (χ1v) is 8.95. The molecule has 2 rings (SSSR count). The Labute approximate surface area is 168 Å². The van der Waals surface area contributed by atoms with Crippen molar-refractivity contribution >= 4 is 39.2 Å². The summed E-state index contributed by atoms with van der Waals surface area (Å²) < 4.78 is 18.3. The number of aliphatic hydroxyl groups is 1. The van der Waals surface area contributed by atoms with Gasteiger partial charge in [0.15, 0.2) is 11.7 Å².